The summed E-state index contributed by atoms with van der Waals surface area (Å²) in [6, 6.07) is 0. The van der Waals surface area contributed by atoms with Gasteiger partial charge in [0.25, 0.3) is 0 Å². The molecular weight excluding hydrogens is 133 g/mol. The third-order valence-electron chi connectivity index (χ3n) is 1.26. The zero-order chi connectivity index (χ0) is 7.82. The number of hydrogen-bond donors (Lipinski definition) is 1. The van der Waals surface area contributed by atoms with Crippen molar-refractivity contribution in [3.63, 3.8) is 0 Å². The molecule has 60 valence electrons. The summed E-state index contributed by atoms with van der Waals surface area (Å²) >= 11 is 0. The molecule has 0 atom stereocenters. The van der Waals surface area contributed by atoms with Crippen LogP contribution in [-0.2, 0) is 4.79 Å². The number of unbranched alkanes of at least 4 members (excludes halogenated alkanes) is 2. The van der Waals surface area contributed by atoms with Gasteiger partial charge in [-0.2, -0.15) is 0 Å². The molecule has 1 amide bonds. The zero-order valence-corrected chi connectivity index (χ0v) is 6.52. The molecule has 2 nitrogen and oxygen atoms in total. The SMILES string of the molecule is C=CC(=O)NCCCCC.[LiH]. The number of amides is 1. The van der Waals surface area contributed by atoms with E-state index in [1.807, 2.05) is 0 Å². The average molecular weight is 149 g/mol. The van der Waals surface area contributed by atoms with Gasteiger partial charge in [-0.25, -0.2) is 0 Å². The first kappa shape index (κ1) is 13.4. The number of hydrogen-bond acceptors (Lipinski definition) is 1. The Morgan fingerprint density at radius 1 is 1.55 bits per heavy atom. The summed E-state index contributed by atoms with van der Waals surface area (Å²) in [4.78, 5) is 10.5. The van der Waals surface area contributed by atoms with Crippen LogP contribution in [0.15, 0.2) is 12.7 Å². The molecule has 0 aromatic rings. The summed E-state index contributed by atoms with van der Waals surface area (Å²) in [7, 11) is 0. The molecule has 0 radical (unpaired) electrons. The van der Waals surface area contributed by atoms with Crippen molar-refractivity contribution in [2.45, 2.75) is 26.2 Å². The van der Waals surface area contributed by atoms with Crippen molar-refractivity contribution >= 4 is 24.8 Å². The Hall–Kier alpha value is -0.193. The number of rotatable bonds is 5. The molecule has 0 heterocycles. The van der Waals surface area contributed by atoms with Crippen molar-refractivity contribution in [2.24, 2.45) is 0 Å². The van der Waals surface area contributed by atoms with E-state index in [4.69, 9.17) is 0 Å². The normalized spacial score (nSPS) is 8.09. The molecule has 0 fully saturated rings. The fourth-order valence-electron chi connectivity index (χ4n) is 0.659. The van der Waals surface area contributed by atoms with Crippen LogP contribution in [0.2, 0.25) is 0 Å². The van der Waals surface area contributed by atoms with Crippen molar-refractivity contribution in [3.05, 3.63) is 12.7 Å². The second-order valence-corrected chi connectivity index (χ2v) is 2.20. The van der Waals surface area contributed by atoms with Crippen LogP contribution in [0, 0.1) is 0 Å². The predicted molar refractivity (Wildman–Crippen MR) is 49.9 cm³/mol. The molecule has 0 aromatic carbocycles. The van der Waals surface area contributed by atoms with Crippen LogP contribution in [0.5, 0.6) is 0 Å². The standard InChI is InChI=1S/C8H15NO.Li.H/c1-3-5-6-7-9-8(10)4-2;;/h4H,2-3,5-7H2,1H3,(H,9,10);;. The molecular formula is C8H16LiNO. The van der Waals surface area contributed by atoms with Crippen LogP contribution in [0.4, 0.5) is 0 Å². The number of nitrogens with one attached hydrogen (secondary N) is 1. The fourth-order valence-corrected chi connectivity index (χ4v) is 0.659. The van der Waals surface area contributed by atoms with Gasteiger partial charge >= 0.3 is 18.9 Å². The minimum absolute atomic E-state index is 0. The molecule has 3 heteroatoms. The molecule has 0 aliphatic carbocycles. The van der Waals surface area contributed by atoms with Crippen molar-refractivity contribution in [1.29, 1.82) is 0 Å². The molecule has 0 rings (SSSR count). The van der Waals surface area contributed by atoms with Gasteiger partial charge in [0.2, 0.25) is 5.91 Å². The van der Waals surface area contributed by atoms with Crippen molar-refractivity contribution in [3.8, 4) is 0 Å². The van der Waals surface area contributed by atoms with E-state index >= 15 is 0 Å². The summed E-state index contributed by atoms with van der Waals surface area (Å²) in [6.45, 7) is 6.26. The Bertz CT molecular complexity index is 115. The molecule has 0 spiro atoms. The van der Waals surface area contributed by atoms with E-state index < -0.39 is 0 Å². The van der Waals surface area contributed by atoms with E-state index in [2.05, 4.69) is 18.8 Å². The zero-order valence-electron chi connectivity index (χ0n) is 6.52. The minimum atomic E-state index is -0.0731. The maximum absolute atomic E-state index is 10.5. The summed E-state index contributed by atoms with van der Waals surface area (Å²) in [5.74, 6) is -0.0731. The first-order valence-corrected chi connectivity index (χ1v) is 3.71. The first-order valence-electron chi connectivity index (χ1n) is 3.71. The Balaban J connectivity index is 0. The molecule has 11 heavy (non-hydrogen) atoms. The monoisotopic (exact) mass is 149 g/mol. The average Bonchev–Trinajstić information content (AvgIpc) is 1.98. The Labute approximate surface area is 80.6 Å². The van der Waals surface area contributed by atoms with Crippen molar-refractivity contribution in [1.82, 2.24) is 5.32 Å². The van der Waals surface area contributed by atoms with Crippen molar-refractivity contribution < 1.29 is 4.79 Å². The van der Waals surface area contributed by atoms with E-state index in [9.17, 15) is 4.79 Å². The second-order valence-electron chi connectivity index (χ2n) is 2.20. The Kier molecular flexibility index (Phi) is 11.9. The topological polar surface area (TPSA) is 29.1 Å². The third kappa shape index (κ3) is 9.81. The van der Waals surface area contributed by atoms with E-state index in [1.165, 1.54) is 18.9 Å². The molecule has 0 aliphatic heterocycles. The van der Waals surface area contributed by atoms with Gasteiger partial charge in [-0.15, -0.1) is 0 Å². The van der Waals surface area contributed by atoms with E-state index in [0.29, 0.717) is 0 Å². The van der Waals surface area contributed by atoms with Gasteiger partial charge < -0.3 is 5.32 Å². The summed E-state index contributed by atoms with van der Waals surface area (Å²) in [5, 5.41) is 2.71. The van der Waals surface area contributed by atoms with E-state index in [1.54, 1.807) is 0 Å². The molecule has 0 aromatic heterocycles. The molecule has 0 bridgehead atoms. The summed E-state index contributed by atoms with van der Waals surface area (Å²) < 4.78 is 0. The molecule has 0 saturated carbocycles. The summed E-state index contributed by atoms with van der Waals surface area (Å²) in [5.41, 5.74) is 0. The maximum atomic E-state index is 10.5. The Morgan fingerprint density at radius 3 is 2.64 bits per heavy atom. The van der Waals surface area contributed by atoms with Crippen LogP contribution in [-0.4, -0.2) is 31.3 Å². The number of carbonyl (C=O) groups excluding carboxylic acids is 1. The van der Waals surface area contributed by atoms with Crippen LogP contribution < -0.4 is 5.32 Å². The van der Waals surface area contributed by atoms with Crippen LogP contribution >= 0.6 is 0 Å². The van der Waals surface area contributed by atoms with E-state index in [0.717, 1.165) is 13.0 Å². The number of carbonyl (C=O) groups is 1. The second kappa shape index (κ2) is 9.81. The van der Waals surface area contributed by atoms with Crippen LogP contribution in [0.1, 0.15) is 26.2 Å². The molecule has 0 unspecified atom stereocenters. The van der Waals surface area contributed by atoms with Crippen LogP contribution in [0.25, 0.3) is 0 Å². The van der Waals surface area contributed by atoms with Gasteiger partial charge in [0.05, 0.1) is 0 Å². The Morgan fingerprint density at radius 2 is 2.18 bits per heavy atom. The van der Waals surface area contributed by atoms with Gasteiger partial charge in [0.1, 0.15) is 0 Å². The van der Waals surface area contributed by atoms with Gasteiger partial charge in [-0.1, -0.05) is 26.3 Å². The van der Waals surface area contributed by atoms with E-state index in [-0.39, 0.29) is 24.8 Å². The van der Waals surface area contributed by atoms with Crippen molar-refractivity contribution in [2.75, 3.05) is 6.54 Å². The van der Waals surface area contributed by atoms with Gasteiger partial charge in [0.15, 0.2) is 0 Å². The quantitative estimate of drug-likeness (QED) is 0.350. The van der Waals surface area contributed by atoms with Gasteiger partial charge in [0, 0.05) is 6.54 Å². The van der Waals surface area contributed by atoms with Crippen LogP contribution in [0.3, 0.4) is 0 Å². The molecule has 1 N–H and O–H groups in total. The molecule has 0 aliphatic rings. The molecule has 0 saturated heterocycles. The summed E-state index contributed by atoms with van der Waals surface area (Å²) in [6.07, 6.45) is 4.73. The third-order valence-corrected chi connectivity index (χ3v) is 1.26. The van der Waals surface area contributed by atoms with Gasteiger partial charge in [-0.3, -0.25) is 4.79 Å². The fraction of sp³-hybridized carbons (Fsp3) is 0.625. The van der Waals surface area contributed by atoms with Gasteiger partial charge in [-0.05, 0) is 12.5 Å². The first-order chi connectivity index (χ1) is 4.81. The predicted octanol–water partition coefficient (Wildman–Crippen LogP) is 0.830.